The average molecular weight is 340 g/mol. The summed E-state index contributed by atoms with van der Waals surface area (Å²) < 4.78 is 14.1. The molecule has 0 bridgehead atoms. The Morgan fingerprint density at radius 2 is 2.00 bits per heavy atom. The lowest BCUT2D eigenvalue weighted by Gasteiger charge is -2.15. The molecule has 1 aromatic heterocycles. The number of nitrogens with zero attached hydrogens (tertiary/aromatic N) is 1. The third kappa shape index (κ3) is 2.11. The molecule has 96 valence electrons. The van der Waals surface area contributed by atoms with Gasteiger partial charge in [0.2, 0.25) is 0 Å². The van der Waals surface area contributed by atoms with Crippen LogP contribution in [0.3, 0.4) is 0 Å². The average Bonchev–Trinajstić information content (AvgIpc) is 2.88. The number of Topliss-reactive ketones (excluding diaryl/α,β-unsaturated/α-hetero) is 1. The van der Waals surface area contributed by atoms with Crippen LogP contribution in [0.4, 0.5) is 10.1 Å². The molecule has 3 nitrogen and oxygen atoms in total. The third-order valence-corrected chi connectivity index (χ3v) is 4.48. The zero-order chi connectivity index (χ0) is 13.6. The lowest BCUT2D eigenvalue weighted by Crippen LogP contribution is -2.28. The van der Waals surface area contributed by atoms with Gasteiger partial charge in [0.1, 0.15) is 5.82 Å². The lowest BCUT2D eigenvalue weighted by atomic mass is 10.1. The largest absolute Gasteiger partial charge is 0.300 e. The number of fused-ring (bicyclic) bond motifs is 1. The second-order valence-corrected chi connectivity index (χ2v) is 6.64. The highest BCUT2D eigenvalue weighted by atomic mass is 79.9. The monoisotopic (exact) mass is 339 g/mol. The van der Waals surface area contributed by atoms with Crippen LogP contribution < -0.4 is 4.90 Å². The molecule has 1 aromatic carbocycles. The molecule has 0 saturated carbocycles. The van der Waals surface area contributed by atoms with Crippen molar-refractivity contribution in [1.29, 1.82) is 0 Å². The summed E-state index contributed by atoms with van der Waals surface area (Å²) in [6, 6.07) is 7.60. The van der Waals surface area contributed by atoms with Gasteiger partial charge in [-0.2, -0.15) is 0 Å². The number of ketones is 1. The van der Waals surface area contributed by atoms with Gasteiger partial charge in [-0.3, -0.25) is 14.5 Å². The van der Waals surface area contributed by atoms with Gasteiger partial charge in [-0.1, -0.05) is 0 Å². The van der Waals surface area contributed by atoms with Gasteiger partial charge in [0.05, 0.1) is 21.6 Å². The van der Waals surface area contributed by atoms with E-state index in [0.29, 0.717) is 12.2 Å². The van der Waals surface area contributed by atoms with E-state index in [1.807, 2.05) is 12.1 Å². The highest BCUT2D eigenvalue weighted by Gasteiger charge is 2.36. The maximum atomic E-state index is 13.1. The van der Waals surface area contributed by atoms with E-state index in [-0.39, 0.29) is 5.56 Å². The van der Waals surface area contributed by atoms with Crippen molar-refractivity contribution in [3.05, 3.63) is 50.4 Å². The van der Waals surface area contributed by atoms with Crippen molar-refractivity contribution >= 4 is 44.6 Å². The van der Waals surface area contributed by atoms with E-state index in [4.69, 9.17) is 0 Å². The Bertz CT molecular complexity index is 698. The highest BCUT2D eigenvalue weighted by molar-refractivity contribution is 9.11. The first-order valence-corrected chi connectivity index (χ1v) is 7.07. The Hall–Kier alpha value is -1.53. The van der Waals surface area contributed by atoms with Crippen molar-refractivity contribution in [1.82, 2.24) is 0 Å². The molecule has 6 heteroatoms. The van der Waals surface area contributed by atoms with Gasteiger partial charge in [-0.05, 0) is 46.3 Å². The van der Waals surface area contributed by atoms with Crippen LogP contribution in [0.5, 0.6) is 0 Å². The van der Waals surface area contributed by atoms with E-state index in [0.717, 1.165) is 14.7 Å². The maximum Gasteiger partial charge on any atom is 0.299 e. The Morgan fingerprint density at radius 3 is 2.68 bits per heavy atom. The summed E-state index contributed by atoms with van der Waals surface area (Å²) >= 11 is 4.84. The van der Waals surface area contributed by atoms with E-state index in [9.17, 15) is 14.0 Å². The number of carbonyl (C=O) groups excluding carboxylic acids is 2. The molecular formula is C13H7BrFNO2S. The smallest absolute Gasteiger partial charge is 0.299 e. The number of anilines is 1. The summed E-state index contributed by atoms with van der Waals surface area (Å²) in [5, 5.41) is 0. The van der Waals surface area contributed by atoms with Crippen molar-refractivity contribution in [2.45, 2.75) is 6.54 Å². The predicted octanol–water partition coefficient (Wildman–Crippen LogP) is 3.38. The van der Waals surface area contributed by atoms with Gasteiger partial charge in [0.15, 0.2) is 0 Å². The second kappa shape index (κ2) is 4.54. The van der Waals surface area contributed by atoms with E-state index < -0.39 is 17.5 Å². The lowest BCUT2D eigenvalue weighted by molar-refractivity contribution is -0.114. The fourth-order valence-corrected chi connectivity index (χ4v) is 3.49. The summed E-state index contributed by atoms with van der Waals surface area (Å²) in [5.74, 6) is -1.77. The summed E-state index contributed by atoms with van der Waals surface area (Å²) in [6.45, 7) is 0.319. The minimum absolute atomic E-state index is 0.139. The molecule has 0 fully saturated rings. The van der Waals surface area contributed by atoms with Crippen molar-refractivity contribution in [3.63, 3.8) is 0 Å². The molecule has 3 rings (SSSR count). The number of rotatable bonds is 2. The Morgan fingerprint density at radius 1 is 1.21 bits per heavy atom. The first kappa shape index (κ1) is 12.5. The number of carbonyl (C=O) groups is 2. The first-order chi connectivity index (χ1) is 9.06. The second-order valence-electron chi connectivity index (χ2n) is 4.09. The molecular weight excluding hydrogens is 333 g/mol. The normalized spacial score (nSPS) is 14.1. The van der Waals surface area contributed by atoms with E-state index in [1.54, 1.807) is 0 Å². The summed E-state index contributed by atoms with van der Waals surface area (Å²) in [7, 11) is 0. The van der Waals surface area contributed by atoms with Crippen LogP contribution in [0, 0.1) is 5.82 Å². The molecule has 2 aromatic rings. The van der Waals surface area contributed by atoms with Gasteiger partial charge in [-0.15, -0.1) is 11.3 Å². The minimum atomic E-state index is -0.648. The van der Waals surface area contributed by atoms with Crippen LogP contribution >= 0.6 is 27.3 Å². The van der Waals surface area contributed by atoms with Gasteiger partial charge in [0.25, 0.3) is 11.7 Å². The van der Waals surface area contributed by atoms with Gasteiger partial charge in [0, 0.05) is 4.88 Å². The van der Waals surface area contributed by atoms with Crippen LogP contribution in [0.25, 0.3) is 0 Å². The summed E-state index contributed by atoms with van der Waals surface area (Å²) in [5.41, 5.74) is 0.613. The molecule has 1 amide bonds. The maximum absolute atomic E-state index is 13.1. The molecule has 0 N–H and O–H groups in total. The number of halogens is 2. The van der Waals surface area contributed by atoms with Gasteiger partial charge < -0.3 is 0 Å². The summed E-state index contributed by atoms with van der Waals surface area (Å²) in [4.78, 5) is 26.1. The van der Waals surface area contributed by atoms with Crippen LogP contribution in [-0.2, 0) is 11.3 Å². The van der Waals surface area contributed by atoms with Crippen LogP contribution in [0.2, 0.25) is 0 Å². The fourth-order valence-electron chi connectivity index (χ4n) is 2.02. The molecule has 0 spiro atoms. The third-order valence-electron chi connectivity index (χ3n) is 2.88. The van der Waals surface area contributed by atoms with Crippen molar-refractivity contribution < 1.29 is 14.0 Å². The molecule has 19 heavy (non-hydrogen) atoms. The van der Waals surface area contributed by atoms with Crippen molar-refractivity contribution in [2.75, 3.05) is 4.90 Å². The zero-order valence-corrected chi connectivity index (χ0v) is 11.9. The van der Waals surface area contributed by atoms with Crippen molar-refractivity contribution in [3.8, 4) is 0 Å². The molecule has 0 atom stereocenters. The topological polar surface area (TPSA) is 37.4 Å². The molecule has 0 aliphatic carbocycles. The Balaban J connectivity index is 1.99. The molecule has 0 unspecified atom stereocenters. The van der Waals surface area contributed by atoms with Crippen LogP contribution in [0.1, 0.15) is 15.2 Å². The SMILES string of the molecule is O=C1C(=O)N(Cc2ccc(Br)s2)c2ccc(F)cc21. The Kier molecular flexibility index (Phi) is 2.99. The number of amides is 1. The Labute approximate surface area is 120 Å². The number of hydrogen-bond acceptors (Lipinski definition) is 3. The molecule has 1 aliphatic rings. The molecule has 1 aliphatic heterocycles. The zero-order valence-electron chi connectivity index (χ0n) is 9.52. The number of hydrogen-bond donors (Lipinski definition) is 0. The summed E-state index contributed by atoms with van der Waals surface area (Å²) in [6.07, 6.45) is 0. The fraction of sp³-hybridized carbons (Fsp3) is 0.0769. The van der Waals surface area contributed by atoms with Gasteiger partial charge >= 0.3 is 0 Å². The standard InChI is InChI=1S/C13H7BrFNO2S/c14-11-4-2-8(19-11)6-16-10-3-1-7(15)5-9(10)12(17)13(16)18/h1-5H,6H2. The number of thiophene rings is 1. The number of benzene rings is 1. The van der Waals surface area contributed by atoms with E-state index in [1.165, 1.54) is 28.4 Å². The van der Waals surface area contributed by atoms with E-state index >= 15 is 0 Å². The highest BCUT2D eigenvalue weighted by Crippen LogP contribution is 2.32. The first-order valence-electron chi connectivity index (χ1n) is 5.46. The predicted molar refractivity (Wildman–Crippen MR) is 73.9 cm³/mol. The molecule has 0 saturated heterocycles. The minimum Gasteiger partial charge on any atom is -0.300 e. The van der Waals surface area contributed by atoms with Crippen molar-refractivity contribution in [2.24, 2.45) is 0 Å². The van der Waals surface area contributed by atoms with E-state index in [2.05, 4.69) is 15.9 Å². The molecule has 2 heterocycles. The van der Waals surface area contributed by atoms with Crippen LogP contribution in [0.15, 0.2) is 34.1 Å². The van der Waals surface area contributed by atoms with Crippen LogP contribution in [-0.4, -0.2) is 11.7 Å². The molecule has 0 radical (unpaired) electrons. The quantitative estimate of drug-likeness (QED) is 0.786. The van der Waals surface area contributed by atoms with Gasteiger partial charge in [-0.25, -0.2) is 4.39 Å².